The van der Waals surface area contributed by atoms with E-state index in [1.807, 2.05) is 25.1 Å². The molecule has 0 aliphatic carbocycles. The van der Waals surface area contributed by atoms with Crippen LogP contribution >= 0.6 is 0 Å². The molecule has 96 valence electrons. The van der Waals surface area contributed by atoms with Gasteiger partial charge in [-0.1, -0.05) is 6.07 Å². The van der Waals surface area contributed by atoms with Crippen molar-refractivity contribution in [1.82, 2.24) is 5.32 Å². The van der Waals surface area contributed by atoms with Gasteiger partial charge < -0.3 is 19.9 Å². The van der Waals surface area contributed by atoms with E-state index >= 15 is 0 Å². The van der Waals surface area contributed by atoms with Crippen LogP contribution in [-0.2, 0) is 0 Å². The van der Waals surface area contributed by atoms with E-state index in [1.54, 1.807) is 21.1 Å². The molecule has 1 aromatic rings. The summed E-state index contributed by atoms with van der Waals surface area (Å²) in [6, 6.07) is 5.97. The Morgan fingerprint density at radius 1 is 1.18 bits per heavy atom. The molecule has 4 heteroatoms. The van der Waals surface area contributed by atoms with Crippen molar-refractivity contribution in [1.29, 1.82) is 0 Å². The monoisotopic (exact) mass is 239 g/mol. The molecule has 4 nitrogen and oxygen atoms in total. The summed E-state index contributed by atoms with van der Waals surface area (Å²) in [4.78, 5) is 0. The summed E-state index contributed by atoms with van der Waals surface area (Å²) >= 11 is 0. The lowest BCUT2D eigenvalue weighted by atomic mass is 10.1. The number of hydrogen-bond acceptors (Lipinski definition) is 4. The highest BCUT2D eigenvalue weighted by molar-refractivity contribution is 5.43. The van der Waals surface area contributed by atoms with Crippen LogP contribution in [0.4, 0.5) is 0 Å². The Balaban J connectivity index is 2.77. The van der Waals surface area contributed by atoms with Crippen LogP contribution in [0.3, 0.4) is 0 Å². The smallest absolute Gasteiger partial charge is 0.161 e. The van der Waals surface area contributed by atoms with Crippen molar-refractivity contribution < 1.29 is 14.6 Å². The fourth-order valence-corrected chi connectivity index (χ4v) is 1.59. The zero-order chi connectivity index (χ0) is 12.8. The Hall–Kier alpha value is -1.26. The number of aliphatic hydroxyl groups excluding tert-OH is 1. The third-order valence-electron chi connectivity index (χ3n) is 2.63. The molecular weight excluding hydrogens is 218 g/mol. The van der Waals surface area contributed by atoms with E-state index in [9.17, 15) is 5.11 Å². The summed E-state index contributed by atoms with van der Waals surface area (Å²) in [5.74, 6) is 1.44. The van der Waals surface area contributed by atoms with Crippen LogP contribution in [0.5, 0.6) is 11.5 Å². The summed E-state index contributed by atoms with van der Waals surface area (Å²) in [5.41, 5.74) is 1.10. The van der Waals surface area contributed by atoms with Crippen LogP contribution in [0, 0.1) is 0 Å². The van der Waals surface area contributed by atoms with Gasteiger partial charge in [0.25, 0.3) is 0 Å². The van der Waals surface area contributed by atoms with Crippen LogP contribution in [0.2, 0.25) is 0 Å². The summed E-state index contributed by atoms with van der Waals surface area (Å²) in [7, 11) is 3.24. The molecule has 1 aromatic carbocycles. The Bertz CT molecular complexity index is 353. The molecule has 1 rings (SSSR count). The third kappa shape index (κ3) is 3.91. The van der Waals surface area contributed by atoms with Crippen molar-refractivity contribution in [3.63, 3.8) is 0 Å². The van der Waals surface area contributed by atoms with E-state index in [0.717, 1.165) is 17.1 Å². The fourth-order valence-electron chi connectivity index (χ4n) is 1.59. The summed E-state index contributed by atoms with van der Waals surface area (Å²) < 4.78 is 10.4. The minimum Gasteiger partial charge on any atom is -0.493 e. The Kier molecular flexibility index (Phi) is 5.25. The van der Waals surface area contributed by atoms with E-state index in [2.05, 4.69) is 5.32 Å². The molecular formula is C13H21NO3. The van der Waals surface area contributed by atoms with Gasteiger partial charge in [0, 0.05) is 12.6 Å². The van der Waals surface area contributed by atoms with Crippen LogP contribution < -0.4 is 14.8 Å². The Labute approximate surface area is 103 Å². The maximum Gasteiger partial charge on any atom is 0.161 e. The minimum atomic E-state index is -0.349. The topological polar surface area (TPSA) is 50.7 Å². The minimum absolute atomic E-state index is 0.157. The second-order valence-electron chi connectivity index (χ2n) is 4.09. The van der Waals surface area contributed by atoms with Gasteiger partial charge in [-0.3, -0.25) is 0 Å². The molecule has 0 heterocycles. The maximum atomic E-state index is 9.22. The highest BCUT2D eigenvalue weighted by Gasteiger charge is 2.10. The van der Waals surface area contributed by atoms with E-state index in [-0.39, 0.29) is 12.1 Å². The molecule has 2 N–H and O–H groups in total. The zero-order valence-corrected chi connectivity index (χ0v) is 10.9. The van der Waals surface area contributed by atoms with E-state index in [0.29, 0.717) is 6.54 Å². The molecule has 0 amide bonds. The molecule has 0 saturated carbocycles. The molecule has 0 saturated heterocycles. The molecule has 0 aliphatic heterocycles. The number of methoxy groups -OCH3 is 2. The van der Waals surface area contributed by atoms with Gasteiger partial charge in [0.15, 0.2) is 11.5 Å². The fraction of sp³-hybridized carbons (Fsp3) is 0.538. The summed E-state index contributed by atoms with van der Waals surface area (Å²) in [5, 5.41) is 12.5. The van der Waals surface area contributed by atoms with Crippen LogP contribution in [0.15, 0.2) is 18.2 Å². The van der Waals surface area contributed by atoms with Gasteiger partial charge in [0.1, 0.15) is 0 Å². The number of benzene rings is 1. The predicted octanol–water partition coefficient (Wildman–Crippen LogP) is 1.74. The lowest BCUT2D eigenvalue weighted by molar-refractivity contribution is 0.187. The first-order valence-electron chi connectivity index (χ1n) is 5.71. The highest BCUT2D eigenvalue weighted by Crippen LogP contribution is 2.29. The van der Waals surface area contributed by atoms with Gasteiger partial charge in [-0.2, -0.15) is 0 Å². The average molecular weight is 239 g/mol. The second-order valence-corrected chi connectivity index (χ2v) is 4.09. The number of ether oxygens (including phenoxy) is 2. The lowest BCUT2D eigenvalue weighted by Crippen LogP contribution is -2.27. The van der Waals surface area contributed by atoms with E-state index in [4.69, 9.17) is 9.47 Å². The van der Waals surface area contributed by atoms with Crippen molar-refractivity contribution in [2.45, 2.75) is 26.0 Å². The van der Waals surface area contributed by atoms with Gasteiger partial charge in [0.05, 0.1) is 20.3 Å². The Morgan fingerprint density at radius 3 is 2.35 bits per heavy atom. The van der Waals surface area contributed by atoms with E-state index < -0.39 is 0 Å². The molecule has 0 radical (unpaired) electrons. The second kappa shape index (κ2) is 6.47. The molecule has 0 aromatic heterocycles. The van der Waals surface area contributed by atoms with Crippen LogP contribution in [0.25, 0.3) is 0 Å². The van der Waals surface area contributed by atoms with Gasteiger partial charge in [0.2, 0.25) is 0 Å². The van der Waals surface area contributed by atoms with Crippen molar-refractivity contribution >= 4 is 0 Å². The molecule has 2 atom stereocenters. The molecule has 0 aliphatic rings. The number of aliphatic hydroxyl groups is 1. The Morgan fingerprint density at radius 2 is 1.82 bits per heavy atom. The molecule has 0 spiro atoms. The van der Waals surface area contributed by atoms with Gasteiger partial charge in [-0.25, -0.2) is 0 Å². The number of hydrogen-bond donors (Lipinski definition) is 2. The predicted molar refractivity (Wildman–Crippen MR) is 67.6 cm³/mol. The number of nitrogens with one attached hydrogen (secondary N) is 1. The number of rotatable bonds is 6. The highest BCUT2D eigenvalue weighted by atomic mass is 16.5. The van der Waals surface area contributed by atoms with E-state index in [1.165, 1.54) is 0 Å². The molecule has 17 heavy (non-hydrogen) atoms. The van der Waals surface area contributed by atoms with Crippen LogP contribution in [0.1, 0.15) is 25.5 Å². The maximum absolute atomic E-state index is 9.22. The quantitative estimate of drug-likeness (QED) is 0.794. The SMILES string of the molecule is COc1ccc(C(C)NC[C@@H](C)O)cc1OC. The van der Waals surface area contributed by atoms with Crippen molar-refractivity contribution in [3.05, 3.63) is 23.8 Å². The van der Waals surface area contributed by atoms with Crippen molar-refractivity contribution in [3.8, 4) is 11.5 Å². The lowest BCUT2D eigenvalue weighted by Gasteiger charge is -2.17. The van der Waals surface area contributed by atoms with Gasteiger partial charge in [-0.15, -0.1) is 0 Å². The third-order valence-corrected chi connectivity index (χ3v) is 2.63. The first-order valence-corrected chi connectivity index (χ1v) is 5.71. The summed E-state index contributed by atoms with van der Waals surface area (Å²) in [6.45, 7) is 4.37. The molecule has 1 unspecified atom stereocenters. The molecule has 0 fully saturated rings. The van der Waals surface area contributed by atoms with Gasteiger partial charge >= 0.3 is 0 Å². The first kappa shape index (κ1) is 13.8. The van der Waals surface area contributed by atoms with Crippen molar-refractivity contribution in [2.24, 2.45) is 0 Å². The average Bonchev–Trinajstić information content (AvgIpc) is 2.34. The molecule has 0 bridgehead atoms. The van der Waals surface area contributed by atoms with Crippen LogP contribution in [-0.4, -0.2) is 32.0 Å². The van der Waals surface area contributed by atoms with Crippen molar-refractivity contribution in [2.75, 3.05) is 20.8 Å². The van der Waals surface area contributed by atoms with Gasteiger partial charge in [-0.05, 0) is 31.5 Å². The summed E-state index contributed by atoms with van der Waals surface area (Å²) in [6.07, 6.45) is -0.349. The largest absolute Gasteiger partial charge is 0.493 e. The standard InChI is InChI=1S/C13H21NO3/c1-9(15)8-14-10(2)11-5-6-12(16-3)13(7-11)17-4/h5-7,9-10,14-15H,8H2,1-4H3/t9-,10?/m1/s1. The zero-order valence-electron chi connectivity index (χ0n) is 10.9. The first-order chi connectivity index (χ1) is 8.08. The normalized spacial score (nSPS) is 14.2.